The summed E-state index contributed by atoms with van der Waals surface area (Å²) in [5.41, 5.74) is 0.403. The highest BCUT2D eigenvalue weighted by Gasteiger charge is 2.32. The standard InChI is InChI=1S/C13H24N2/c1-5-10-15(6-2)11-12-13(3,4)8-7-9-14-12/h1,12,14H,6-11H2,2-4H3. The summed E-state index contributed by atoms with van der Waals surface area (Å²) < 4.78 is 0. The Kier molecular flexibility index (Phi) is 4.63. The lowest BCUT2D eigenvalue weighted by Gasteiger charge is -2.41. The number of hydrogen-bond acceptors (Lipinski definition) is 2. The third kappa shape index (κ3) is 3.52. The van der Waals surface area contributed by atoms with Gasteiger partial charge in [-0.25, -0.2) is 0 Å². The van der Waals surface area contributed by atoms with E-state index in [4.69, 9.17) is 6.42 Å². The molecule has 1 aliphatic heterocycles. The van der Waals surface area contributed by atoms with Gasteiger partial charge in [0.25, 0.3) is 0 Å². The summed E-state index contributed by atoms with van der Waals surface area (Å²) in [5, 5.41) is 3.62. The van der Waals surface area contributed by atoms with Crippen LogP contribution in [0.25, 0.3) is 0 Å². The molecule has 15 heavy (non-hydrogen) atoms. The van der Waals surface area contributed by atoms with Gasteiger partial charge in [0.2, 0.25) is 0 Å². The van der Waals surface area contributed by atoms with Crippen LogP contribution in [0.5, 0.6) is 0 Å². The topological polar surface area (TPSA) is 15.3 Å². The fraction of sp³-hybridized carbons (Fsp3) is 0.846. The highest BCUT2D eigenvalue weighted by atomic mass is 15.1. The maximum absolute atomic E-state index is 5.37. The summed E-state index contributed by atoms with van der Waals surface area (Å²) >= 11 is 0. The van der Waals surface area contributed by atoms with E-state index in [1.807, 2.05) is 0 Å². The van der Waals surface area contributed by atoms with E-state index < -0.39 is 0 Å². The van der Waals surface area contributed by atoms with Crippen molar-refractivity contribution in [3.8, 4) is 12.3 Å². The van der Waals surface area contributed by atoms with Crippen LogP contribution in [-0.2, 0) is 0 Å². The van der Waals surface area contributed by atoms with Gasteiger partial charge in [-0.05, 0) is 31.3 Å². The van der Waals surface area contributed by atoms with Crippen molar-refractivity contribution in [1.29, 1.82) is 0 Å². The molecular weight excluding hydrogens is 184 g/mol. The van der Waals surface area contributed by atoms with Gasteiger partial charge < -0.3 is 5.32 Å². The average molecular weight is 208 g/mol. The summed E-state index contributed by atoms with van der Waals surface area (Å²) in [6, 6.07) is 0.583. The molecule has 0 amide bonds. The van der Waals surface area contributed by atoms with Gasteiger partial charge >= 0.3 is 0 Å². The number of likely N-dealkylation sites (N-methyl/N-ethyl adjacent to an activating group) is 1. The Morgan fingerprint density at radius 3 is 2.80 bits per heavy atom. The molecule has 0 spiro atoms. The van der Waals surface area contributed by atoms with E-state index in [9.17, 15) is 0 Å². The molecule has 1 atom stereocenters. The van der Waals surface area contributed by atoms with E-state index >= 15 is 0 Å². The highest BCUT2D eigenvalue weighted by molar-refractivity contribution is 4.93. The van der Waals surface area contributed by atoms with Crippen LogP contribution < -0.4 is 5.32 Å². The van der Waals surface area contributed by atoms with Crippen molar-refractivity contribution in [2.24, 2.45) is 5.41 Å². The van der Waals surface area contributed by atoms with Gasteiger partial charge in [-0.1, -0.05) is 26.7 Å². The van der Waals surface area contributed by atoms with Crippen LogP contribution in [0, 0.1) is 17.8 Å². The van der Waals surface area contributed by atoms with Crippen LogP contribution in [0.1, 0.15) is 33.6 Å². The molecule has 1 unspecified atom stereocenters. The molecule has 0 bridgehead atoms. The van der Waals surface area contributed by atoms with E-state index in [1.54, 1.807) is 0 Å². The summed E-state index contributed by atoms with van der Waals surface area (Å²) in [6.45, 7) is 10.9. The Morgan fingerprint density at radius 1 is 1.53 bits per heavy atom. The van der Waals surface area contributed by atoms with Crippen LogP contribution >= 0.6 is 0 Å². The molecule has 1 rings (SSSR count). The van der Waals surface area contributed by atoms with Crippen molar-refractivity contribution in [3.63, 3.8) is 0 Å². The first-order valence-electron chi connectivity index (χ1n) is 5.99. The zero-order chi connectivity index (χ0) is 11.3. The molecule has 0 saturated carbocycles. The molecule has 0 aromatic rings. The SMILES string of the molecule is C#CCN(CC)CC1NCCCC1(C)C. The van der Waals surface area contributed by atoms with Crippen molar-refractivity contribution in [2.75, 3.05) is 26.2 Å². The Morgan fingerprint density at radius 2 is 2.27 bits per heavy atom. The van der Waals surface area contributed by atoms with Gasteiger partial charge in [0.15, 0.2) is 0 Å². The van der Waals surface area contributed by atoms with E-state index in [-0.39, 0.29) is 0 Å². The van der Waals surface area contributed by atoms with Crippen LogP contribution in [-0.4, -0.2) is 37.1 Å². The molecule has 1 N–H and O–H groups in total. The van der Waals surface area contributed by atoms with Crippen LogP contribution in [0.2, 0.25) is 0 Å². The summed E-state index contributed by atoms with van der Waals surface area (Å²) in [4.78, 5) is 2.34. The number of hydrogen-bond donors (Lipinski definition) is 1. The maximum Gasteiger partial charge on any atom is 0.0599 e. The minimum absolute atomic E-state index is 0.403. The van der Waals surface area contributed by atoms with E-state index in [2.05, 4.69) is 36.9 Å². The quantitative estimate of drug-likeness (QED) is 0.708. The Hall–Kier alpha value is -0.520. The molecular formula is C13H24N2. The Balaban J connectivity index is 2.51. The van der Waals surface area contributed by atoms with Crippen molar-refractivity contribution >= 4 is 0 Å². The van der Waals surface area contributed by atoms with Crippen molar-refractivity contribution in [1.82, 2.24) is 10.2 Å². The summed E-state index contributed by atoms with van der Waals surface area (Å²) in [5.74, 6) is 2.73. The molecule has 0 aliphatic carbocycles. The van der Waals surface area contributed by atoms with Gasteiger partial charge in [-0.2, -0.15) is 0 Å². The fourth-order valence-corrected chi connectivity index (χ4v) is 2.28. The first kappa shape index (κ1) is 12.5. The maximum atomic E-state index is 5.37. The molecule has 1 heterocycles. The lowest BCUT2D eigenvalue weighted by atomic mass is 9.77. The molecule has 1 saturated heterocycles. The fourth-order valence-electron chi connectivity index (χ4n) is 2.28. The van der Waals surface area contributed by atoms with Gasteiger partial charge in [-0.15, -0.1) is 6.42 Å². The van der Waals surface area contributed by atoms with Gasteiger partial charge in [0.05, 0.1) is 6.54 Å². The molecule has 0 radical (unpaired) electrons. The van der Waals surface area contributed by atoms with Crippen LogP contribution in [0.4, 0.5) is 0 Å². The van der Waals surface area contributed by atoms with Crippen LogP contribution in [0.3, 0.4) is 0 Å². The van der Waals surface area contributed by atoms with Crippen molar-refractivity contribution in [2.45, 2.75) is 39.7 Å². The number of terminal acetylenes is 1. The number of nitrogens with one attached hydrogen (secondary N) is 1. The van der Waals surface area contributed by atoms with Crippen molar-refractivity contribution < 1.29 is 0 Å². The van der Waals surface area contributed by atoms with Gasteiger partial charge in [0, 0.05) is 12.6 Å². The monoisotopic (exact) mass is 208 g/mol. The van der Waals surface area contributed by atoms with E-state index in [1.165, 1.54) is 12.8 Å². The second kappa shape index (κ2) is 5.53. The predicted octanol–water partition coefficient (Wildman–Crippen LogP) is 1.72. The highest BCUT2D eigenvalue weighted by Crippen LogP contribution is 2.30. The molecule has 1 fully saturated rings. The normalized spacial score (nSPS) is 25.1. The molecule has 0 aromatic heterocycles. The molecule has 2 nitrogen and oxygen atoms in total. The third-order valence-electron chi connectivity index (χ3n) is 3.53. The van der Waals surface area contributed by atoms with E-state index in [0.717, 1.165) is 26.2 Å². The zero-order valence-corrected chi connectivity index (χ0v) is 10.3. The largest absolute Gasteiger partial charge is 0.312 e. The smallest absolute Gasteiger partial charge is 0.0599 e. The number of piperidine rings is 1. The van der Waals surface area contributed by atoms with Gasteiger partial charge in [-0.3, -0.25) is 4.90 Å². The lowest BCUT2D eigenvalue weighted by molar-refractivity contribution is 0.135. The van der Waals surface area contributed by atoms with Crippen molar-refractivity contribution in [3.05, 3.63) is 0 Å². The predicted molar refractivity (Wildman–Crippen MR) is 65.8 cm³/mol. The van der Waals surface area contributed by atoms with Crippen LogP contribution in [0.15, 0.2) is 0 Å². The second-order valence-electron chi connectivity index (χ2n) is 5.13. The molecule has 0 aromatic carbocycles. The number of nitrogens with zero attached hydrogens (tertiary/aromatic N) is 1. The molecule has 1 aliphatic rings. The average Bonchev–Trinajstić information content (AvgIpc) is 2.20. The lowest BCUT2D eigenvalue weighted by Crippen LogP contribution is -2.52. The minimum atomic E-state index is 0.403. The molecule has 86 valence electrons. The summed E-state index contributed by atoms with van der Waals surface area (Å²) in [7, 11) is 0. The Bertz CT molecular complexity index is 227. The Labute approximate surface area is 94.4 Å². The zero-order valence-electron chi connectivity index (χ0n) is 10.3. The molecule has 2 heteroatoms. The third-order valence-corrected chi connectivity index (χ3v) is 3.53. The summed E-state index contributed by atoms with van der Waals surface area (Å²) in [6.07, 6.45) is 7.98. The van der Waals surface area contributed by atoms with E-state index in [0.29, 0.717) is 11.5 Å². The second-order valence-corrected chi connectivity index (χ2v) is 5.13. The first-order valence-corrected chi connectivity index (χ1v) is 5.99. The number of rotatable bonds is 4. The minimum Gasteiger partial charge on any atom is -0.312 e. The first-order chi connectivity index (χ1) is 7.10. The van der Waals surface area contributed by atoms with Gasteiger partial charge in [0.1, 0.15) is 0 Å².